The first-order valence-corrected chi connectivity index (χ1v) is 12.3. The molecule has 0 saturated heterocycles. The van der Waals surface area contributed by atoms with Crippen molar-refractivity contribution in [1.82, 2.24) is 0 Å². The highest BCUT2D eigenvalue weighted by molar-refractivity contribution is 9.10. The van der Waals surface area contributed by atoms with E-state index in [9.17, 15) is 13.2 Å². The normalized spacial score (nSPS) is 11.2. The van der Waals surface area contributed by atoms with E-state index in [1.165, 1.54) is 12.1 Å². The number of hydrogen-bond donors (Lipinski definition) is 0. The number of benzene rings is 3. The maximum Gasteiger partial charge on any atom is 0.278 e. The van der Waals surface area contributed by atoms with Crippen molar-refractivity contribution < 1.29 is 17.9 Å². The van der Waals surface area contributed by atoms with Crippen LogP contribution in [0, 0.1) is 0 Å². The SMILES string of the molecule is CCCCc1ccc(N(C(=O)COc2cccc(Br)c2)S(=O)(=O)c2ccccc2)cc1. The number of carbonyl (C=O) groups is 1. The molecule has 3 rings (SSSR count). The van der Waals surface area contributed by atoms with Crippen molar-refractivity contribution in [2.24, 2.45) is 0 Å². The van der Waals surface area contributed by atoms with Gasteiger partial charge in [-0.25, -0.2) is 8.42 Å². The number of unbranched alkanes of at least 4 members (excludes halogenated alkanes) is 1. The highest BCUT2D eigenvalue weighted by Crippen LogP contribution is 2.25. The standard InChI is InChI=1S/C24H24BrNO4S/c1-2-3-8-19-13-15-21(16-14-19)26(31(28,29)23-11-5-4-6-12-23)24(27)18-30-22-10-7-9-20(25)17-22/h4-7,9-17H,2-3,8,18H2,1H3. The fraction of sp³-hybridized carbons (Fsp3) is 0.208. The van der Waals surface area contributed by atoms with Crippen LogP contribution >= 0.6 is 15.9 Å². The number of aryl methyl sites for hydroxylation is 1. The molecule has 0 aliphatic carbocycles. The van der Waals surface area contributed by atoms with Crippen LogP contribution in [0.1, 0.15) is 25.3 Å². The van der Waals surface area contributed by atoms with Gasteiger partial charge in [-0.1, -0.05) is 65.7 Å². The molecular formula is C24H24BrNO4S. The van der Waals surface area contributed by atoms with Crippen LogP contribution in [0.5, 0.6) is 5.75 Å². The summed E-state index contributed by atoms with van der Waals surface area (Å²) in [5, 5.41) is 0. The van der Waals surface area contributed by atoms with Gasteiger partial charge in [-0.15, -0.1) is 0 Å². The summed E-state index contributed by atoms with van der Waals surface area (Å²) in [5.41, 5.74) is 1.38. The molecule has 3 aromatic rings. The Hall–Kier alpha value is -2.64. The Kier molecular flexibility index (Phi) is 7.87. The second kappa shape index (κ2) is 10.6. The maximum absolute atomic E-state index is 13.3. The van der Waals surface area contributed by atoms with Gasteiger partial charge in [0.05, 0.1) is 10.6 Å². The smallest absolute Gasteiger partial charge is 0.278 e. The molecule has 0 aliphatic rings. The van der Waals surface area contributed by atoms with Crippen molar-refractivity contribution in [3.05, 3.63) is 88.9 Å². The summed E-state index contributed by atoms with van der Waals surface area (Å²) in [5.74, 6) is -0.208. The second-order valence-corrected chi connectivity index (χ2v) is 9.69. The van der Waals surface area contributed by atoms with Crippen LogP contribution in [-0.4, -0.2) is 20.9 Å². The summed E-state index contributed by atoms with van der Waals surface area (Å²) < 4.78 is 33.9. The molecule has 0 N–H and O–H groups in total. The van der Waals surface area contributed by atoms with E-state index in [2.05, 4.69) is 22.9 Å². The van der Waals surface area contributed by atoms with Crippen LogP contribution < -0.4 is 9.04 Å². The first-order valence-electron chi connectivity index (χ1n) is 10.0. The lowest BCUT2D eigenvalue weighted by atomic mass is 10.1. The molecule has 31 heavy (non-hydrogen) atoms. The predicted octanol–water partition coefficient (Wildman–Crippen LogP) is 5.59. The monoisotopic (exact) mass is 501 g/mol. The summed E-state index contributed by atoms with van der Waals surface area (Å²) >= 11 is 3.35. The number of halogens is 1. The molecule has 0 spiro atoms. The van der Waals surface area contributed by atoms with E-state index < -0.39 is 22.5 Å². The summed E-state index contributed by atoms with van der Waals surface area (Å²) in [6.07, 6.45) is 3.02. The predicted molar refractivity (Wildman–Crippen MR) is 126 cm³/mol. The zero-order valence-electron chi connectivity index (χ0n) is 17.2. The molecule has 0 bridgehead atoms. The van der Waals surface area contributed by atoms with Crippen molar-refractivity contribution >= 4 is 37.5 Å². The Morgan fingerprint density at radius 1 is 0.968 bits per heavy atom. The largest absolute Gasteiger partial charge is 0.484 e. The van der Waals surface area contributed by atoms with Gasteiger partial charge in [0, 0.05) is 4.47 Å². The Balaban J connectivity index is 1.91. The Bertz CT molecular complexity index is 1120. The van der Waals surface area contributed by atoms with E-state index in [0.717, 1.165) is 33.6 Å². The van der Waals surface area contributed by atoms with Crippen LogP contribution in [0.25, 0.3) is 0 Å². The van der Waals surface area contributed by atoms with E-state index in [0.29, 0.717) is 5.75 Å². The lowest BCUT2D eigenvalue weighted by molar-refractivity contribution is -0.119. The summed E-state index contributed by atoms with van der Waals surface area (Å²) in [4.78, 5) is 13.1. The van der Waals surface area contributed by atoms with Crippen molar-refractivity contribution in [2.45, 2.75) is 31.1 Å². The van der Waals surface area contributed by atoms with Gasteiger partial charge in [0.1, 0.15) is 5.75 Å². The van der Waals surface area contributed by atoms with Crippen molar-refractivity contribution in [1.29, 1.82) is 0 Å². The van der Waals surface area contributed by atoms with Crippen LogP contribution in [0.2, 0.25) is 0 Å². The summed E-state index contributed by atoms with van der Waals surface area (Å²) in [6, 6.07) is 22.0. The zero-order valence-corrected chi connectivity index (χ0v) is 19.6. The van der Waals surface area contributed by atoms with E-state index in [-0.39, 0.29) is 10.6 Å². The average molecular weight is 502 g/mol. The second-order valence-electron chi connectivity index (χ2n) is 6.99. The fourth-order valence-electron chi connectivity index (χ4n) is 3.05. The van der Waals surface area contributed by atoms with Crippen LogP contribution in [0.3, 0.4) is 0 Å². The number of anilines is 1. The van der Waals surface area contributed by atoms with Crippen LogP contribution in [0.15, 0.2) is 88.2 Å². The molecule has 0 aromatic heterocycles. The molecule has 0 heterocycles. The van der Waals surface area contributed by atoms with E-state index in [1.54, 1.807) is 48.5 Å². The van der Waals surface area contributed by atoms with Crippen molar-refractivity contribution in [3.8, 4) is 5.75 Å². The van der Waals surface area contributed by atoms with Gasteiger partial charge in [-0.2, -0.15) is 4.31 Å². The van der Waals surface area contributed by atoms with Crippen molar-refractivity contribution in [2.75, 3.05) is 10.9 Å². The topological polar surface area (TPSA) is 63.7 Å². The van der Waals surface area contributed by atoms with Gasteiger partial charge in [0.25, 0.3) is 15.9 Å². The minimum Gasteiger partial charge on any atom is -0.484 e. The van der Waals surface area contributed by atoms with Crippen LogP contribution in [0.4, 0.5) is 5.69 Å². The Labute approximate surface area is 191 Å². The highest BCUT2D eigenvalue weighted by Gasteiger charge is 2.31. The highest BCUT2D eigenvalue weighted by atomic mass is 79.9. The van der Waals surface area contributed by atoms with Gasteiger partial charge in [-0.05, 0) is 60.9 Å². The minimum absolute atomic E-state index is 0.0425. The minimum atomic E-state index is -4.10. The molecule has 0 atom stereocenters. The molecule has 1 amide bonds. The number of rotatable bonds is 9. The van der Waals surface area contributed by atoms with Gasteiger partial charge < -0.3 is 4.74 Å². The quantitative estimate of drug-likeness (QED) is 0.383. The van der Waals surface area contributed by atoms with Crippen LogP contribution in [-0.2, 0) is 21.2 Å². The molecule has 0 aliphatic heterocycles. The third-order valence-electron chi connectivity index (χ3n) is 4.66. The molecule has 162 valence electrons. The molecule has 0 saturated carbocycles. The lowest BCUT2D eigenvalue weighted by Gasteiger charge is -2.23. The number of sulfonamides is 1. The number of carbonyl (C=O) groups excluding carboxylic acids is 1. The molecule has 7 heteroatoms. The summed E-state index contributed by atoms with van der Waals surface area (Å²) in [7, 11) is -4.10. The van der Waals surface area contributed by atoms with E-state index in [4.69, 9.17) is 4.74 Å². The van der Waals surface area contributed by atoms with Crippen molar-refractivity contribution in [3.63, 3.8) is 0 Å². The van der Waals surface area contributed by atoms with Gasteiger partial charge in [-0.3, -0.25) is 4.79 Å². The fourth-order valence-corrected chi connectivity index (χ4v) is 4.86. The molecule has 5 nitrogen and oxygen atoms in total. The summed E-state index contributed by atoms with van der Waals surface area (Å²) in [6.45, 7) is 1.70. The Morgan fingerprint density at radius 3 is 2.32 bits per heavy atom. The first-order chi connectivity index (χ1) is 14.9. The van der Waals surface area contributed by atoms with E-state index in [1.807, 2.05) is 18.2 Å². The molecule has 0 unspecified atom stereocenters. The first kappa shape index (κ1) is 23.0. The lowest BCUT2D eigenvalue weighted by Crippen LogP contribution is -2.40. The average Bonchev–Trinajstić information content (AvgIpc) is 2.78. The molecular weight excluding hydrogens is 478 g/mol. The number of hydrogen-bond acceptors (Lipinski definition) is 4. The Morgan fingerprint density at radius 2 is 1.68 bits per heavy atom. The maximum atomic E-state index is 13.3. The molecule has 0 radical (unpaired) electrons. The number of nitrogens with zero attached hydrogens (tertiary/aromatic N) is 1. The third-order valence-corrected chi connectivity index (χ3v) is 6.91. The van der Waals surface area contributed by atoms with Gasteiger partial charge in [0.15, 0.2) is 6.61 Å². The third kappa shape index (κ3) is 5.95. The van der Waals surface area contributed by atoms with Gasteiger partial charge in [0.2, 0.25) is 0 Å². The molecule has 0 fully saturated rings. The van der Waals surface area contributed by atoms with Gasteiger partial charge >= 0.3 is 0 Å². The molecule has 3 aromatic carbocycles. The zero-order chi connectivity index (χ0) is 22.3. The van der Waals surface area contributed by atoms with E-state index >= 15 is 0 Å². The number of amides is 1. The number of ether oxygens (including phenoxy) is 1.